The summed E-state index contributed by atoms with van der Waals surface area (Å²) in [7, 11) is 0.517. The Hall–Kier alpha value is -3.32. The van der Waals surface area contributed by atoms with Crippen LogP contribution in [0.1, 0.15) is 5.56 Å². The van der Waals surface area contributed by atoms with E-state index in [2.05, 4.69) is 9.97 Å². The Labute approximate surface area is 200 Å². The molecule has 0 atom stereocenters. The van der Waals surface area contributed by atoms with Gasteiger partial charge in [0.05, 0.1) is 42.7 Å². The van der Waals surface area contributed by atoms with E-state index in [4.69, 9.17) is 14.2 Å². The van der Waals surface area contributed by atoms with Crippen molar-refractivity contribution < 1.29 is 35.8 Å². The van der Waals surface area contributed by atoms with Crippen LogP contribution in [-0.4, -0.2) is 70.2 Å². The lowest BCUT2D eigenvalue weighted by molar-refractivity contribution is -0.137. The van der Waals surface area contributed by atoms with Crippen molar-refractivity contribution >= 4 is 26.7 Å². The lowest BCUT2D eigenvalue weighted by atomic mass is 10.1. The third-order valence-corrected chi connectivity index (χ3v) is 7.68. The first-order valence-electron chi connectivity index (χ1n) is 10.5. The molecule has 0 aliphatic carbocycles. The number of nitrogens with zero attached hydrogens (tertiary/aromatic N) is 4. The van der Waals surface area contributed by atoms with Gasteiger partial charge in [-0.25, -0.2) is 18.4 Å². The minimum Gasteiger partial charge on any atom is -0.493 e. The SMILES string of the molecule is COc1cc2ncnc(N3CCN(S(=O)(=O)c4ccc(C(F)(F)F)cc4)CC3)c2c(OC)c1OC. The Balaban J connectivity index is 1.61. The molecule has 0 radical (unpaired) electrons. The van der Waals surface area contributed by atoms with Gasteiger partial charge in [0.15, 0.2) is 11.5 Å². The van der Waals surface area contributed by atoms with Gasteiger partial charge in [-0.05, 0) is 24.3 Å². The van der Waals surface area contributed by atoms with Gasteiger partial charge in [-0.3, -0.25) is 0 Å². The topological polar surface area (TPSA) is 94.1 Å². The molecule has 0 bridgehead atoms. The predicted molar refractivity (Wildman–Crippen MR) is 122 cm³/mol. The zero-order valence-corrected chi connectivity index (χ0v) is 20.0. The molecule has 188 valence electrons. The molecule has 4 rings (SSSR count). The van der Waals surface area contributed by atoms with Crippen LogP contribution in [0.25, 0.3) is 10.9 Å². The third kappa shape index (κ3) is 4.52. The summed E-state index contributed by atoms with van der Waals surface area (Å²) in [5.41, 5.74) is -0.345. The summed E-state index contributed by atoms with van der Waals surface area (Å²) >= 11 is 0. The summed E-state index contributed by atoms with van der Waals surface area (Å²) < 4.78 is 82.2. The number of fused-ring (bicyclic) bond motifs is 1. The van der Waals surface area contributed by atoms with Gasteiger partial charge in [-0.1, -0.05) is 0 Å². The van der Waals surface area contributed by atoms with Crippen molar-refractivity contribution in [1.82, 2.24) is 14.3 Å². The van der Waals surface area contributed by atoms with E-state index in [1.807, 2.05) is 4.90 Å². The Morgan fingerprint density at radius 1 is 0.886 bits per heavy atom. The normalized spacial score (nSPS) is 15.3. The first-order chi connectivity index (χ1) is 16.6. The van der Waals surface area contributed by atoms with Crippen molar-refractivity contribution in [2.75, 3.05) is 52.4 Å². The molecule has 13 heteroatoms. The molecule has 0 N–H and O–H groups in total. The van der Waals surface area contributed by atoms with Gasteiger partial charge < -0.3 is 19.1 Å². The summed E-state index contributed by atoms with van der Waals surface area (Å²) in [6.07, 6.45) is -3.14. The highest BCUT2D eigenvalue weighted by Gasteiger charge is 2.33. The smallest absolute Gasteiger partial charge is 0.416 e. The molecule has 0 unspecified atom stereocenters. The predicted octanol–water partition coefficient (Wildman–Crippen LogP) is 3.19. The van der Waals surface area contributed by atoms with Crippen LogP contribution < -0.4 is 19.1 Å². The average Bonchev–Trinajstić information content (AvgIpc) is 2.86. The fourth-order valence-electron chi connectivity index (χ4n) is 4.02. The molecular formula is C22H23F3N4O5S. The molecular weight excluding hydrogens is 489 g/mol. The molecule has 0 amide bonds. The zero-order valence-electron chi connectivity index (χ0n) is 19.2. The number of aromatic nitrogens is 2. The quantitative estimate of drug-likeness (QED) is 0.497. The number of anilines is 1. The van der Waals surface area contributed by atoms with Gasteiger partial charge in [0.2, 0.25) is 15.8 Å². The summed E-state index contributed by atoms with van der Waals surface area (Å²) in [5.74, 6) is 1.74. The molecule has 3 aromatic rings. The Kier molecular flexibility index (Phi) is 6.64. The lowest BCUT2D eigenvalue weighted by Gasteiger charge is -2.35. The van der Waals surface area contributed by atoms with Crippen molar-refractivity contribution in [2.45, 2.75) is 11.1 Å². The molecule has 2 aromatic carbocycles. The van der Waals surface area contributed by atoms with Crippen LogP contribution in [0, 0.1) is 0 Å². The van der Waals surface area contributed by atoms with E-state index in [-0.39, 0.29) is 18.0 Å². The van der Waals surface area contributed by atoms with Crippen LogP contribution in [0.4, 0.5) is 19.0 Å². The molecule has 1 aliphatic heterocycles. The molecule has 1 aromatic heterocycles. The standard InChI is InChI=1S/C22H23F3N4O5S/c1-32-17-12-16-18(20(34-3)19(17)33-2)21(27-13-26-16)28-8-10-29(11-9-28)35(30,31)15-6-4-14(5-7-15)22(23,24)25/h4-7,12-13H,8-11H2,1-3H3. The second kappa shape index (κ2) is 9.38. The minimum absolute atomic E-state index is 0.116. The van der Waals surface area contributed by atoms with Crippen LogP contribution in [0.5, 0.6) is 17.2 Å². The van der Waals surface area contributed by atoms with E-state index in [1.165, 1.54) is 32.0 Å². The maximum atomic E-state index is 13.0. The van der Waals surface area contributed by atoms with E-state index in [9.17, 15) is 21.6 Å². The van der Waals surface area contributed by atoms with E-state index in [0.29, 0.717) is 47.1 Å². The Morgan fingerprint density at radius 2 is 1.51 bits per heavy atom. The molecule has 35 heavy (non-hydrogen) atoms. The molecule has 1 aliphatic rings. The van der Waals surface area contributed by atoms with Gasteiger partial charge in [-0.2, -0.15) is 17.5 Å². The highest BCUT2D eigenvalue weighted by atomic mass is 32.2. The number of hydrogen-bond acceptors (Lipinski definition) is 8. The largest absolute Gasteiger partial charge is 0.493 e. The molecule has 1 saturated heterocycles. The van der Waals surface area contributed by atoms with E-state index < -0.39 is 21.8 Å². The first kappa shape index (κ1) is 24.8. The molecule has 0 saturated carbocycles. The number of hydrogen-bond donors (Lipinski definition) is 0. The first-order valence-corrected chi connectivity index (χ1v) is 11.9. The van der Waals surface area contributed by atoms with Gasteiger partial charge >= 0.3 is 6.18 Å². The Bertz CT molecular complexity index is 1330. The van der Waals surface area contributed by atoms with Crippen LogP contribution in [0.2, 0.25) is 0 Å². The van der Waals surface area contributed by atoms with Crippen LogP contribution in [0.15, 0.2) is 41.6 Å². The highest BCUT2D eigenvalue weighted by Crippen LogP contribution is 2.45. The maximum Gasteiger partial charge on any atom is 0.416 e. The zero-order chi connectivity index (χ0) is 25.4. The van der Waals surface area contributed by atoms with Crippen LogP contribution >= 0.6 is 0 Å². The van der Waals surface area contributed by atoms with Crippen LogP contribution in [0.3, 0.4) is 0 Å². The van der Waals surface area contributed by atoms with E-state index >= 15 is 0 Å². The van der Waals surface area contributed by atoms with Crippen molar-refractivity contribution in [3.8, 4) is 17.2 Å². The second-order valence-corrected chi connectivity index (χ2v) is 9.59. The minimum atomic E-state index is -4.54. The van der Waals surface area contributed by atoms with Crippen molar-refractivity contribution in [3.63, 3.8) is 0 Å². The number of piperazine rings is 1. The summed E-state index contributed by atoms with van der Waals surface area (Å²) in [4.78, 5) is 10.4. The fourth-order valence-corrected chi connectivity index (χ4v) is 5.44. The third-order valence-electron chi connectivity index (χ3n) is 5.77. The number of alkyl halides is 3. The maximum absolute atomic E-state index is 13.0. The molecule has 2 heterocycles. The molecule has 0 spiro atoms. The summed E-state index contributed by atoms with van der Waals surface area (Å²) in [6, 6.07) is 5.20. The van der Waals surface area contributed by atoms with E-state index in [0.717, 1.165) is 24.3 Å². The van der Waals surface area contributed by atoms with Crippen molar-refractivity contribution in [3.05, 3.63) is 42.2 Å². The number of sulfonamides is 1. The number of benzene rings is 2. The van der Waals surface area contributed by atoms with Gasteiger partial charge in [0.25, 0.3) is 0 Å². The summed E-state index contributed by atoms with van der Waals surface area (Å²) in [6.45, 7) is 0.821. The second-order valence-electron chi connectivity index (χ2n) is 7.65. The molecule has 9 nitrogen and oxygen atoms in total. The van der Waals surface area contributed by atoms with Gasteiger partial charge in [-0.15, -0.1) is 0 Å². The van der Waals surface area contributed by atoms with Crippen molar-refractivity contribution in [1.29, 1.82) is 0 Å². The fraction of sp³-hybridized carbons (Fsp3) is 0.364. The highest BCUT2D eigenvalue weighted by molar-refractivity contribution is 7.89. The van der Waals surface area contributed by atoms with Gasteiger partial charge in [0, 0.05) is 32.2 Å². The number of methoxy groups -OCH3 is 3. The number of rotatable bonds is 6. The monoisotopic (exact) mass is 512 g/mol. The summed E-state index contributed by atoms with van der Waals surface area (Å²) in [5, 5.41) is 0.590. The number of halogens is 3. The average molecular weight is 513 g/mol. The lowest BCUT2D eigenvalue weighted by Crippen LogP contribution is -2.49. The van der Waals surface area contributed by atoms with Crippen LogP contribution in [-0.2, 0) is 16.2 Å². The Morgan fingerprint density at radius 3 is 2.06 bits per heavy atom. The molecule has 1 fully saturated rings. The van der Waals surface area contributed by atoms with Crippen molar-refractivity contribution in [2.24, 2.45) is 0 Å². The van der Waals surface area contributed by atoms with Gasteiger partial charge in [0.1, 0.15) is 12.1 Å². The van der Waals surface area contributed by atoms with E-state index in [1.54, 1.807) is 6.07 Å². The number of ether oxygens (including phenoxy) is 3.